The molecule has 1 atom stereocenters. The van der Waals surface area contributed by atoms with Crippen molar-refractivity contribution in [3.63, 3.8) is 0 Å². The standard InChI is InChI=1S/C13H16O3/c1-16-11-5-6-12-9(7-11)3-2-4-10(12)8-13(14)15/h5-7,10H,2-4,8H2,1H3,(H,14,15)/t10-/m1/s1. The second-order valence-electron chi connectivity index (χ2n) is 4.25. The molecule has 3 heteroatoms. The number of methoxy groups -OCH3 is 1. The summed E-state index contributed by atoms with van der Waals surface area (Å²) in [7, 11) is 1.65. The fourth-order valence-corrected chi connectivity index (χ4v) is 2.44. The second-order valence-corrected chi connectivity index (χ2v) is 4.25. The topological polar surface area (TPSA) is 46.5 Å². The van der Waals surface area contributed by atoms with Crippen LogP contribution in [0.4, 0.5) is 0 Å². The average molecular weight is 220 g/mol. The second kappa shape index (κ2) is 4.56. The summed E-state index contributed by atoms with van der Waals surface area (Å²) in [5, 5.41) is 8.87. The minimum atomic E-state index is -0.714. The van der Waals surface area contributed by atoms with Gasteiger partial charge in [-0.25, -0.2) is 0 Å². The fraction of sp³-hybridized carbons (Fsp3) is 0.462. The van der Waals surface area contributed by atoms with Gasteiger partial charge in [0.05, 0.1) is 13.5 Å². The molecule has 3 nitrogen and oxygen atoms in total. The number of benzene rings is 1. The fourth-order valence-electron chi connectivity index (χ4n) is 2.44. The quantitative estimate of drug-likeness (QED) is 0.851. The first kappa shape index (κ1) is 11.0. The number of fused-ring (bicyclic) bond motifs is 1. The molecule has 0 heterocycles. The molecule has 1 aromatic rings. The molecule has 0 aliphatic heterocycles. The number of ether oxygens (including phenoxy) is 1. The molecule has 0 saturated heterocycles. The molecule has 0 aromatic heterocycles. The molecule has 0 unspecified atom stereocenters. The van der Waals surface area contributed by atoms with Crippen LogP contribution in [-0.4, -0.2) is 18.2 Å². The lowest BCUT2D eigenvalue weighted by Gasteiger charge is -2.24. The van der Waals surface area contributed by atoms with Crippen molar-refractivity contribution in [1.82, 2.24) is 0 Å². The zero-order valence-corrected chi connectivity index (χ0v) is 9.40. The minimum Gasteiger partial charge on any atom is -0.497 e. The molecule has 0 amide bonds. The zero-order chi connectivity index (χ0) is 11.5. The molecule has 0 bridgehead atoms. The average Bonchev–Trinajstić information content (AvgIpc) is 2.28. The highest BCUT2D eigenvalue weighted by molar-refractivity contribution is 5.68. The number of hydrogen-bond acceptors (Lipinski definition) is 2. The Morgan fingerprint density at radius 1 is 1.56 bits per heavy atom. The smallest absolute Gasteiger partial charge is 0.303 e. The lowest BCUT2D eigenvalue weighted by atomic mass is 9.81. The van der Waals surface area contributed by atoms with Gasteiger partial charge in [0.15, 0.2) is 0 Å². The Morgan fingerprint density at radius 2 is 2.38 bits per heavy atom. The zero-order valence-electron chi connectivity index (χ0n) is 9.40. The number of rotatable bonds is 3. The highest BCUT2D eigenvalue weighted by atomic mass is 16.5. The van der Waals surface area contributed by atoms with Crippen LogP contribution < -0.4 is 4.74 Å². The number of aryl methyl sites for hydroxylation is 1. The van der Waals surface area contributed by atoms with Gasteiger partial charge in [0, 0.05) is 0 Å². The van der Waals surface area contributed by atoms with E-state index in [-0.39, 0.29) is 12.3 Å². The van der Waals surface area contributed by atoms with Crippen LogP contribution in [0.2, 0.25) is 0 Å². The number of aliphatic carboxylic acids is 1. The Labute approximate surface area is 95.0 Å². The summed E-state index contributed by atoms with van der Waals surface area (Å²) in [6, 6.07) is 5.96. The highest BCUT2D eigenvalue weighted by Crippen LogP contribution is 2.35. The molecule has 0 saturated carbocycles. The Hall–Kier alpha value is -1.51. The van der Waals surface area contributed by atoms with Gasteiger partial charge >= 0.3 is 5.97 Å². The molecule has 1 aromatic carbocycles. The molecular weight excluding hydrogens is 204 g/mol. The van der Waals surface area contributed by atoms with Crippen LogP contribution in [0.15, 0.2) is 18.2 Å². The van der Waals surface area contributed by atoms with Gasteiger partial charge < -0.3 is 9.84 Å². The maximum atomic E-state index is 10.8. The normalized spacial score (nSPS) is 18.9. The largest absolute Gasteiger partial charge is 0.497 e. The number of carbonyl (C=O) groups is 1. The van der Waals surface area contributed by atoms with Crippen molar-refractivity contribution in [2.24, 2.45) is 0 Å². The van der Waals surface area contributed by atoms with Gasteiger partial charge in [0.1, 0.15) is 5.75 Å². The van der Waals surface area contributed by atoms with E-state index in [0.717, 1.165) is 25.0 Å². The van der Waals surface area contributed by atoms with Crippen molar-refractivity contribution in [2.75, 3.05) is 7.11 Å². The third kappa shape index (κ3) is 2.18. The molecule has 1 N–H and O–H groups in total. The number of carboxylic acids is 1. The summed E-state index contributed by atoms with van der Waals surface area (Å²) in [5.74, 6) is 0.315. The van der Waals surface area contributed by atoms with Crippen molar-refractivity contribution in [3.8, 4) is 5.75 Å². The molecule has 1 aliphatic rings. The van der Waals surface area contributed by atoms with E-state index in [1.54, 1.807) is 7.11 Å². The summed E-state index contributed by atoms with van der Waals surface area (Å²) in [5.41, 5.74) is 2.44. The van der Waals surface area contributed by atoms with E-state index < -0.39 is 5.97 Å². The first-order valence-electron chi connectivity index (χ1n) is 5.59. The summed E-state index contributed by atoms with van der Waals surface area (Å²) < 4.78 is 5.18. The summed E-state index contributed by atoms with van der Waals surface area (Å²) in [6.45, 7) is 0. The van der Waals surface area contributed by atoms with Crippen LogP contribution in [-0.2, 0) is 11.2 Å². The highest BCUT2D eigenvalue weighted by Gasteiger charge is 2.22. The Bertz CT molecular complexity index is 398. The Kier molecular flexibility index (Phi) is 3.13. The van der Waals surface area contributed by atoms with Crippen LogP contribution >= 0.6 is 0 Å². The monoisotopic (exact) mass is 220 g/mol. The Morgan fingerprint density at radius 3 is 3.06 bits per heavy atom. The van der Waals surface area contributed by atoms with Gasteiger partial charge in [0.25, 0.3) is 0 Å². The van der Waals surface area contributed by atoms with Crippen molar-refractivity contribution in [3.05, 3.63) is 29.3 Å². The van der Waals surface area contributed by atoms with Crippen LogP contribution in [0.3, 0.4) is 0 Å². The first-order chi connectivity index (χ1) is 7.70. The third-order valence-electron chi connectivity index (χ3n) is 3.21. The van der Waals surface area contributed by atoms with E-state index in [2.05, 4.69) is 0 Å². The SMILES string of the molecule is COc1ccc2c(c1)CCC[C@@H]2CC(=O)O. The van der Waals surface area contributed by atoms with Gasteiger partial charge in [-0.1, -0.05) is 6.07 Å². The van der Waals surface area contributed by atoms with Crippen LogP contribution in [0.25, 0.3) is 0 Å². The van der Waals surface area contributed by atoms with Crippen LogP contribution in [0.1, 0.15) is 36.3 Å². The van der Waals surface area contributed by atoms with E-state index in [0.29, 0.717) is 0 Å². The summed E-state index contributed by atoms with van der Waals surface area (Å²) >= 11 is 0. The molecule has 0 fully saturated rings. The van der Waals surface area contributed by atoms with Gasteiger partial charge in [-0.15, -0.1) is 0 Å². The van der Waals surface area contributed by atoms with E-state index in [4.69, 9.17) is 9.84 Å². The van der Waals surface area contributed by atoms with Gasteiger partial charge in [-0.2, -0.15) is 0 Å². The van der Waals surface area contributed by atoms with E-state index >= 15 is 0 Å². The lowest BCUT2D eigenvalue weighted by molar-refractivity contribution is -0.137. The van der Waals surface area contributed by atoms with E-state index in [1.807, 2.05) is 18.2 Å². The molecular formula is C13H16O3. The first-order valence-corrected chi connectivity index (χ1v) is 5.59. The van der Waals surface area contributed by atoms with Gasteiger partial charge in [0.2, 0.25) is 0 Å². The van der Waals surface area contributed by atoms with Crippen molar-refractivity contribution >= 4 is 5.97 Å². The van der Waals surface area contributed by atoms with Crippen molar-refractivity contribution < 1.29 is 14.6 Å². The molecule has 1 aliphatic carbocycles. The predicted octanol–water partition coefficient (Wildman–Crippen LogP) is 2.59. The Balaban J connectivity index is 2.28. The maximum absolute atomic E-state index is 10.8. The minimum absolute atomic E-state index is 0.173. The number of carboxylic acid groups (broad SMARTS) is 1. The van der Waals surface area contributed by atoms with E-state index in [9.17, 15) is 4.79 Å². The van der Waals surface area contributed by atoms with Crippen molar-refractivity contribution in [2.45, 2.75) is 31.6 Å². The van der Waals surface area contributed by atoms with Crippen LogP contribution in [0.5, 0.6) is 5.75 Å². The molecule has 0 radical (unpaired) electrons. The van der Waals surface area contributed by atoms with Crippen molar-refractivity contribution in [1.29, 1.82) is 0 Å². The molecule has 86 valence electrons. The molecule has 0 spiro atoms. The molecule has 2 rings (SSSR count). The molecule has 16 heavy (non-hydrogen) atoms. The van der Waals surface area contributed by atoms with Crippen LogP contribution in [0, 0.1) is 0 Å². The van der Waals surface area contributed by atoms with Gasteiger partial charge in [-0.3, -0.25) is 4.79 Å². The number of hydrogen-bond donors (Lipinski definition) is 1. The summed E-state index contributed by atoms with van der Waals surface area (Å²) in [6.07, 6.45) is 3.31. The summed E-state index contributed by atoms with van der Waals surface area (Å²) in [4.78, 5) is 10.8. The lowest BCUT2D eigenvalue weighted by Crippen LogP contribution is -2.13. The van der Waals surface area contributed by atoms with Gasteiger partial charge in [-0.05, 0) is 48.4 Å². The van der Waals surface area contributed by atoms with E-state index in [1.165, 1.54) is 11.1 Å². The maximum Gasteiger partial charge on any atom is 0.303 e. The predicted molar refractivity (Wildman–Crippen MR) is 60.9 cm³/mol. The third-order valence-corrected chi connectivity index (χ3v) is 3.21.